The zero-order valence-corrected chi connectivity index (χ0v) is 16.7. The fraction of sp³-hybridized carbons (Fsp3) is 0.158. The molecule has 1 aliphatic heterocycles. The third-order valence-electron chi connectivity index (χ3n) is 4.26. The molecule has 0 unspecified atom stereocenters. The second-order valence-electron chi connectivity index (χ2n) is 6.00. The quantitative estimate of drug-likeness (QED) is 0.564. The fourth-order valence-electron chi connectivity index (χ4n) is 3.18. The van der Waals surface area contributed by atoms with Crippen molar-refractivity contribution in [3.8, 4) is 0 Å². The molecule has 2 atom stereocenters. The van der Waals surface area contributed by atoms with E-state index in [4.69, 9.17) is 12.2 Å². The van der Waals surface area contributed by atoms with Crippen molar-refractivity contribution < 1.29 is 0 Å². The molecule has 1 N–H and O–H groups in total. The molecule has 1 aliphatic rings. The zero-order valence-electron chi connectivity index (χ0n) is 13.5. The van der Waals surface area contributed by atoms with E-state index >= 15 is 0 Å². The Bertz CT molecular complexity index is 910. The first-order valence-electron chi connectivity index (χ1n) is 7.95. The van der Waals surface area contributed by atoms with Crippen LogP contribution in [0.15, 0.2) is 64.6 Å². The molecule has 2 aromatic heterocycles. The fourth-order valence-corrected chi connectivity index (χ4v) is 5.10. The minimum absolute atomic E-state index is 0.0137. The third-order valence-corrected chi connectivity index (χ3v) is 6.34. The highest BCUT2D eigenvalue weighted by Gasteiger charge is 2.41. The molecule has 1 saturated heterocycles. The number of thiophene rings is 1. The highest BCUT2D eigenvalue weighted by Crippen LogP contribution is 2.44. The van der Waals surface area contributed by atoms with Gasteiger partial charge in [0, 0.05) is 26.6 Å². The lowest BCUT2D eigenvalue weighted by Gasteiger charge is -2.27. The van der Waals surface area contributed by atoms with Gasteiger partial charge in [-0.25, -0.2) is 0 Å². The molecular formula is C19H16BrN3S2. The third kappa shape index (κ3) is 3.21. The van der Waals surface area contributed by atoms with Crippen molar-refractivity contribution in [1.82, 2.24) is 10.3 Å². The van der Waals surface area contributed by atoms with Crippen molar-refractivity contribution >= 4 is 50.3 Å². The normalized spacial score (nSPS) is 19.9. The first-order valence-corrected chi connectivity index (χ1v) is 10.0. The first-order chi connectivity index (χ1) is 12.1. The van der Waals surface area contributed by atoms with Crippen molar-refractivity contribution in [1.29, 1.82) is 0 Å². The molecular weight excluding hydrogens is 414 g/mol. The number of nitrogens with one attached hydrogen (secondary N) is 1. The van der Waals surface area contributed by atoms with E-state index < -0.39 is 0 Å². The van der Waals surface area contributed by atoms with Crippen LogP contribution in [0.2, 0.25) is 0 Å². The minimum atomic E-state index is 0.0137. The Morgan fingerprint density at radius 3 is 2.76 bits per heavy atom. The maximum atomic E-state index is 5.71. The Morgan fingerprint density at radius 1 is 1.20 bits per heavy atom. The molecule has 1 fully saturated rings. The average molecular weight is 430 g/mol. The van der Waals surface area contributed by atoms with Crippen LogP contribution in [0.3, 0.4) is 0 Å². The van der Waals surface area contributed by atoms with Gasteiger partial charge < -0.3 is 10.2 Å². The van der Waals surface area contributed by atoms with E-state index in [1.807, 2.05) is 18.3 Å². The van der Waals surface area contributed by atoms with E-state index in [2.05, 4.69) is 79.8 Å². The van der Waals surface area contributed by atoms with Crippen LogP contribution in [-0.2, 0) is 0 Å². The summed E-state index contributed by atoms with van der Waals surface area (Å²) in [7, 11) is 0. The Balaban J connectivity index is 1.83. The summed E-state index contributed by atoms with van der Waals surface area (Å²) in [5, 5.41) is 6.33. The summed E-state index contributed by atoms with van der Waals surface area (Å²) in [6.45, 7) is 2.10. The van der Waals surface area contributed by atoms with Crippen molar-refractivity contribution in [3.63, 3.8) is 0 Å². The highest BCUT2D eigenvalue weighted by molar-refractivity contribution is 9.10. The molecule has 0 amide bonds. The molecule has 0 saturated carbocycles. The standard InChI is InChI=1S/C19H16BrN3S2/c1-12-5-4-6-14(9-12)23-18(16-10-13(20)11-25-16)17(22-19(23)24)15-7-2-3-8-21-15/h2-11,17-18H,1H3,(H,22,24)/t17-,18-/m1/s1. The minimum Gasteiger partial charge on any atom is -0.351 e. The summed E-state index contributed by atoms with van der Waals surface area (Å²) in [5.74, 6) is 0. The van der Waals surface area contributed by atoms with Gasteiger partial charge in [0.25, 0.3) is 0 Å². The average Bonchev–Trinajstić information content (AvgIpc) is 3.18. The van der Waals surface area contributed by atoms with Crippen molar-refractivity contribution in [2.75, 3.05) is 4.90 Å². The molecule has 6 heteroatoms. The van der Waals surface area contributed by atoms with E-state index in [0.717, 1.165) is 21.0 Å². The Labute approximate surface area is 164 Å². The number of nitrogens with zero attached hydrogens (tertiary/aromatic N) is 2. The second kappa shape index (κ2) is 6.86. The Hall–Kier alpha value is -1.76. The number of rotatable bonds is 3. The van der Waals surface area contributed by atoms with Crippen LogP contribution in [0.5, 0.6) is 0 Å². The van der Waals surface area contributed by atoms with Gasteiger partial charge >= 0.3 is 0 Å². The van der Waals surface area contributed by atoms with Gasteiger partial charge in [-0.3, -0.25) is 4.98 Å². The van der Waals surface area contributed by atoms with Gasteiger partial charge in [0.1, 0.15) is 0 Å². The SMILES string of the molecule is Cc1cccc(N2C(=S)N[C@H](c3ccccn3)[C@H]2c2cc(Br)cs2)c1. The molecule has 3 aromatic rings. The number of thiocarbonyl (C=S) groups is 1. The van der Waals surface area contributed by atoms with Crippen LogP contribution in [-0.4, -0.2) is 10.1 Å². The number of benzene rings is 1. The molecule has 4 rings (SSSR count). The van der Waals surface area contributed by atoms with Crippen LogP contribution >= 0.6 is 39.5 Å². The summed E-state index contributed by atoms with van der Waals surface area (Å²) < 4.78 is 1.09. The number of anilines is 1. The molecule has 0 aliphatic carbocycles. The van der Waals surface area contributed by atoms with Gasteiger partial charge in [-0.05, 0) is 71.0 Å². The maximum Gasteiger partial charge on any atom is 0.174 e. The Kier molecular flexibility index (Phi) is 4.58. The summed E-state index contributed by atoms with van der Waals surface area (Å²) in [5.41, 5.74) is 3.31. The van der Waals surface area contributed by atoms with E-state index in [0.29, 0.717) is 0 Å². The predicted molar refractivity (Wildman–Crippen MR) is 111 cm³/mol. The number of halogens is 1. The number of aromatic nitrogens is 1. The van der Waals surface area contributed by atoms with E-state index in [1.165, 1.54) is 10.4 Å². The molecule has 0 bridgehead atoms. The first kappa shape index (κ1) is 16.7. The molecule has 1 aromatic carbocycles. The van der Waals surface area contributed by atoms with Crippen LogP contribution in [0.25, 0.3) is 0 Å². The van der Waals surface area contributed by atoms with Crippen LogP contribution in [0.1, 0.15) is 28.2 Å². The summed E-state index contributed by atoms with van der Waals surface area (Å²) >= 11 is 11.0. The summed E-state index contributed by atoms with van der Waals surface area (Å²) in [4.78, 5) is 8.02. The second-order valence-corrected chi connectivity index (χ2v) is 8.25. The lowest BCUT2D eigenvalue weighted by atomic mass is 10.0. The molecule has 25 heavy (non-hydrogen) atoms. The number of hydrogen-bond donors (Lipinski definition) is 1. The van der Waals surface area contributed by atoms with Gasteiger partial charge in [-0.1, -0.05) is 18.2 Å². The topological polar surface area (TPSA) is 28.2 Å². The van der Waals surface area contributed by atoms with E-state index in [9.17, 15) is 0 Å². The monoisotopic (exact) mass is 429 g/mol. The smallest absolute Gasteiger partial charge is 0.174 e. The van der Waals surface area contributed by atoms with Gasteiger partial charge in [0.2, 0.25) is 0 Å². The van der Waals surface area contributed by atoms with Crippen LogP contribution in [0.4, 0.5) is 5.69 Å². The molecule has 126 valence electrons. The van der Waals surface area contributed by atoms with Crippen molar-refractivity contribution in [3.05, 3.63) is 80.7 Å². The number of hydrogen-bond acceptors (Lipinski definition) is 3. The van der Waals surface area contributed by atoms with E-state index in [-0.39, 0.29) is 12.1 Å². The van der Waals surface area contributed by atoms with Gasteiger partial charge in [-0.2, -0.15) is 0 Å². The predicted octanol–water partition coefficient (Wildman–Crippen LogP) is 5.39. The summed E-state index contributed by atoms with van der Waals surface area (Å²) in [6, 6.07) is 16.7. The largest absolute Gasteiger partial charge is 0.351 e. The van der Waals surface area contributed by atoms with Crippen LogP contribution < -0.4 is 10.2 Å². The zero-order chi connectivity index (χ0) is 17.4. The van der Waals surface area contributed by atoms with E-state index in [1.54, 1.807) is 11.3 Å². The molecule has 3 nitrogen and oxygen atoms in total. The van der Waals surface area contributed by atoms with Gasteiger partial charge in [0.15, 0.2) is 5.11 Å². The van der Waals surface area contributed by atoms with Gasteiger partial charge in [-0.15, -0.1) is 11.3 Å². The van der Waals surface area contributed by atoms with Crippen LogP contribution in [0, 0.1) is 6.92 Å². The molecule has 0 radical (unpaired) electrons. The van der Waals surface area contributed by atoms with Gasteiger partial charge in [0.05, 0.1) is 17.8 Å². The molecule has 3 heterocycles. The number of pyridine rings is 1. The van der Waals surface area contributed by atoms with Crippen molar-refractivity contribution in [2.24, 2.45) is 0 Å². The maximum absolute atomic E-state index is 5.71. The molecule has 0 spiro atoms. The Morgan fingerprint density at radius 2 is 2.08 bits per heavy atom. The lowest BCUT2D eigenvalue weighted by Crippen LogP contribution is -2.29. The van der Waals surface area contributed by atoms with Crippen molar-refractivity contribution in [2.45, 2.75) is 19.0 Å². The lowest BCUT2D eigenvalue weighted by molar-refractivity contribution is 0.575. The summed E-state index contributed by atoms with van der Waals surface area (Å²) in [6.07, 6.45) is 1.83. The highest BCUT2D eigenvalue weighted by atomic mass is 79.9. The number of aryl methyl sites for hydroxylation is 1.